The highest BCUT2D eigenvalue weighted by Gasteiger charge is 2.19. The number of thiophene rings is 1. The molecule has 2 aromatic heterocycles. The normalized spacial score (nSPS) is 18.4. The van der Waals surface area contributed by atoms with E-state index in [1.165, 1.54) is 11.3 Å². The van der Waals surface area contributed by atoms with Crippen LogP contribution in [0.15, 0.2) is 36.4 Å². The lowest BCUT2D eigenvalue weighted by Gasteiger charge is -2.02. The Hall–Kier alpha value is -1.98. The van der Waals surface area contributed by atoms with Crippen LogP contribution in [0, 0.1) is 0 Å². The maximum Gasteiger partial charge on any atom is 0.146 e. The van der Waals surface area contributed by atoms with Gasteiger partial charge in [0, 0.05) is 28.3 Å². The molecule has 1 aliphatic rings. The van der Waals surface area contributed by atoms with Gasteiger partial charge in [0.15, 0.2) is 0 Å². The first-order chi connectivity index (χ1) is 10.3. The van der Waals surface area contributed by atoms with E-state index in [2.05, 4.69) is 21.6 Å². The van der Waals surface area contributed by atoms with Crippen molar-refractivity contribution in [2.45, 2.75) is 12.3 Å². The molecule has 1 fully saturated rings. The van der Waals surface area contributed by atoms with Crippen LogP contribution >= 0.6 is 11.3 Å². The number of hydrogen-bond donors (Lipinski definition) is 2. The molecular formula is C16H15N3OS. The fraction of sp³-hybridized carbons (Fsp3) is 0.250. The summed E-state index contributed by atoms with van der Waals surface area (Å²) < 4.78 is 0. The predicted molar refractivity (Wildman–Crippen MR) is 84.7 cm³/mol. The molecule has 0 bridgehead atoms. The fourth-order valence-corrected chi connectivity index (χ4v) is 3.89. The topological polar surface area (TPSA) is 58.0 Å². The second-order valence-corrected chi connectivity index (χ2v) is 6.41. The smallest absolute Gasteiger partial charge is 0.146 e. The van der Waals surface area contributed by atoms with Crippen molar-refractivity contribution in [2.24, 2.45) is 0 Å². The van der Waals surface area contributed by atoms with E-state index < -0.39 is 0 Å². The van der Waals surface area contributed by atoms with Crippen molar-refractivity contribution in [1.29, 1.82) is 0 Å². The summed E-state index contributed by atoms with van der Waals surface area (Å²) in [7, 11) is 0. The molecule has 4 nitrogen and oxygen atoms in total. The minimum atomic E-state index is 0.238. The quantitative estimate of drug-likeness (QED) is 0.763. The first-order valence-electron chi connectivity index (χ1n) is 7.07. The lowest BCUT2D eigenvalue weighted by atomic mass is 10.1. The Morgan fingerprint density at radius 2 is 2.10 bits per heavy atom. The molecular weight excluding hydrogens is 282 g/mol. The number of aromatic hydroxyl groups is 1. The maximum atomic E-state index is 9.94. The van der Waals surface area contributed by atoms with E-state index in [1.54, 1.807) is 23.5 Å². The minimum absolute atomic E-state index is 0.238. The molecule has 3 aromatic rings. The Balaban J connectivity index is 1.77. The second-order valence-electron chi connectivity index (χ2n) is 5.35. The molecule has 3 heterocycles. The molecule has 0 unspecified atom stereocenters. The Bertz CT molecular complexity index is 793. The molecule has 0 saturated carbocycles. The third-order valence-electron chi connectivity index (χ3n) is 3.94. The molecule has 0 aliphatic carbocycles. The van der Waals surface area contributed by atoms with Gasteiger partial charge in [-0.3, -0.25) is 0 Å². The zero-order valence-electron chi connectivity index (χ0n) is 11.4. The zero-order chi connectivity index (χ0) is 14.2. The number of benzene rings is 1. The average molecular weight is 297 g/mol. The van der Waals surface area contributed by atoms with E-state index >= 15 is 0 Å². The summed E-state index contributed by atoms with van der Waals surface area (Å²) in [6.07, 6.45) is 1.19. The first kappa shape index (κ1) is 12.7. The third-order valence-corrected chi connectivity index (χ3v) is 5.14. The number of aromatic nitrogens is 2. The Morgan fingerprint density at radius 1 is 1.19 bits per heavy atom. The van der Waals surface area contributed by atoms with Crippen LogP contribution < -0.4 is 5.32 Å². The van der Waals surface area contributed by atoms with Crippen LogP contribution in [0.1, 0.15) is 17.2 Å². The zero-order valence-corrected chi connectivity index (χ0v) is 12.2. The van der Waals surface area contributed by atoms with Crippen LogP contribution in [0.25, 0.3) is 21.5 Å². The van der Waals surface area contributed by atoms with E-state index in [1.807, 2.05) is 18.2 Å². The number of para-hydroxylation sites is 1. The number of phenolic OH excluding ortho intramolecular Hbond substituents is 1. The van der Waals surface area contributed by atoms with E-state index in [4.69, 9.17) is 0 Å². The van der Waals surface area contributed by atoms with Crippen LogP contribution in [0.2, 0.25) is 0 Å². The van der Waals surface area contributed by atoms with Gasteiger partial charge >= 0.3 is 0 Å². The van der Waals surface area contributed by atoms with Crippen LogP contribution in [0.4, 0.5) is 0 Å². The lowest BCUT2D eigenvalue weighted by molar-refractivity contribution is 0.477. The van der Waals surface area contributed by atoms with Crippen molar-refractivity contribution in [1.82, 2.24) is 15.5 Å². The summed E-state index contributed by atoms with van der Waals surface area (Å²) >= 11 is 1.73. The van der Waals surface area contributed by atoms with Crippen LogP contribution in [0.3, 0.4) is 0 Å². The van der Waals surface area contributed by atoms with Crippen molar-refractivity contribution in [3.8, 4) is 17.0 Å². The summed E-state index contributed by atoms with van der Waals surface area (Å²) in [5, 5.41) is 23.0. The number of hydrogen-bond acceptors (Lipinski definition) is 5. The molecule has 5 heteroatoms. The number of rotatable bonds is 2. The molecule has 0 radical (unpaired) electrons. The van der Waals surface area contributed by atoms with Gasteiger partial charge in [0.25, 0.3) is 0 Å². The molecule has 1 aliphatic heterocycles. The molecule has 1 aromatic carbocycles. The highest BCUT2D eigenvalue weighted by molar-refractivity contribution is 7.18. The second kappa shape index (κ2) is 5.09. The standard InChI is InChI=1S/C16H15N3OS/c20-14-4-2-1-3-12(14)13-7-11-8-15(10-5-6-17-9-10)21-16(11)19-18-13/h1-4,7-8,10,17,20H,5-6,9H2/t10-/m0/s1. The first-order valence-corrected chi connectivity index (χ1v) is 7.89. The molecule has 4 rings (SSSR count). The Morgan fingerprint density at radius 3 is 2.90 bits per heavy atom. The van der Waals surface area contributed by atoms with Crippen LogP contribution in [-0.4, -0.2) is 28.4 Å². The molecule has 21 heavy (non-hydrogen) atoms. The van der Waals surface area contributed by atoms with Crippen LogP contribution in [0.5, 0.6) is 5.75 Å². The van der Waals surface area contributed by atoms with Gasteiger partial charge in [0.1, 0.15) is 10.6 Å². The monoisotopic (exact) mass is 297 g/mol. The molecule has 1 saturated heterocycles. The van der Waals surface area contributed by atoms with E-state index in [0.717, 1.165) is 34.6 Å². The molecule has 0 amide bonds. The summed E-state index contributed by atoms with van der Waals surface area (Å²) in [5.74, 6) is 0.833. The maximum absolute atomic E-state index is 9.94. The van der Waals surface area contributed by atoms with Gasteiger partial charge < -0.3 is 10.4 Å². The summed E-state index contributed by atoms with van der Waals surface area (Å²) in [6, 6.07) is 11.5. The third kappa shape index (κ3) is 2.28. The number of nitrogens with one attached hydrogen (secondary N) is 1. The van der Waals surface area contributed by atoms with Gasteiger partial charge in [0.05, 0.1) is 5.69 Å². The van der Waals surface area contributed by atoms with Crippen molar-refractivity contribution in [3.05, 3.63) is 41.3 Å². The van der Waals surface area contributed by atoms with Gasteiger partial charge in [-0.1, -0.05) is 12.1 Å². The number of fused-ring (bicyclic) bond motifs is 1. The van der Waals surface area contributed by atoms with Crippen molar-refractivity contribution >= 4 is 21.6 Å². The van der Waals surface area contributed by atoms with Gasteiger partial charge in [-0.05, 0) is 37.2 Å². The SMILES string of the molecule is Oc1ccccc1-c1cc2cc([C@H]3CCNC3)sc2nn1. The molecule has 0 spiro atoms. The van der Waals surface area contributed by atoms with Crippen molar-refractivity contribution in [2.75, 3.05) is 13.1 Å². The molecule has 106 valence electrons. The van der Waals surface area contributed by atoms with E-state index in [-0.39, 0.29) is 5.75 Å². The minimum Gasteiger partial charge on any atom is -0.507 e. The van der Waals surface area contributed by atoms with Crippen molar-refractivity contribution < 1.29 is 5.11 Å². The average Bonchev–Trinajstić information content (AvgIpc) is 3.16. The lowest BCUT2D eigenvalue weighted by Crippen LogP contribution is -2.07. The summed E-state index contributed by atoms with van der Waals surface area (Å²) in [4.78, 5) is 2.34. The van der Waals surface area contributed by atoms with Gasteiger partial charge in [-0.15, -0.1) is 21.5 Å². The Labute approximate surface area is 126 Å². The predicted octanol–water partition coefficient (Wildman–Crippen LogP) is 3.14. The van der Waals surface area contributed by atoms with E-state index in [0.29, 0.717) is 5.92 Å². The van der Waals surface area contributed by atoms with Gasteiger partial charge in [-0.2, -0.15) is 0 Å². The summed E-state index contributed by atoms with van der Waals surface area (Å²) in [5.41, 5.74) is 1.44. The number of phenols is 1. The molecule has 1 atom stereocenters. The Kier molecular flexibility index (Phi) is 3.09. The summed E-state index contributed by atoms with van der Waals surface area (Å²) in [6.45, 7) is 2.14. The highest BCUT2D eigenvalue weighted by atomic mass is 32.1. The highest BCUT2D eigenvalue weighted by Crippen LogP contribution is 2.35. The van der Waals surface area contributed by atoms with Crippen LogP contribution in [-0.2, 0) is 0 Å². The fourth-order valence-electron chi connectivity index (χ4n) is 2.79. The molecule has 2 N–H and O–H groups in total. The van der Waals surface area contributed by atoms with Gasteiger partial charge in [0.2, 0.25) is 0 Å². The van der Waals surface area contributed by atoms with Crippen molar-refractivity contribution in [3.63, 3.8) is 0 Å². The van der Waals surface area contributed by atoms with E-state index in [9.17, 15) is 5.11 Å². The van der Waals surface area contributed by atoms with Gasteiger partial charge in [-0.25, -0.2) is 0 Å². The number of nitrogens with zero attached hydrogens (tertiary/aromatic N) is 2. The largest absolute Gasteiger partial charge is 0.507 e.